The summed E-state index contributed by atoms with van der Waals surface area (Å²) in [4.78, 5) is 23.2. The Bertz CT molecular complexity index is 676. The van der Waals surface area contributed by atoms with Gasteiger partial charge in [-0.1, -0.05) is 32.0 Å². The Morgan fingerprint density at radius 2 is 2.00 bits per heavy atom. The van der Waals surface area contributed by atoms with E-state index in [1.54, 1.807) is 18.5 Å². The second kappa shape index (κ2) is 5.95. The molecule has 0 aliphatic carbocycles. The molecule has 1 amide bonds. The number of nitrogens with one attached hydrogen (secondary N) is 1. The second-order valence-electron chi connectivity index (χ2n) is 5.39. The number of benzene rings is 1. The molecule has 1 atom stereocenters. The summed E-state index contributed by atoms with van der Waals surface area (Å²) in [6, 6.07) is 6.75. The van der Waals surface area contributed by atoms with Gasteiger partial charge in [-0.05, 0) is 12.0 Å². The number of rotatable bonds is 5. The van der Waals surface area contributed by atoms with Crippen LogP contribution in [0.15, 0.2) is 24.3 Å². The highest BCUT2D eigenvalue weighted by molar-refractivity contribution is 5.89. The highest BCUT2D eigenvalue weighted by Gasteiger charge is 2.24. The van der Waals surface area contributed by atoms with Crippen molar-refractivity contribution < 1.29 is 14.7 Å². The minimum Gasteiger partial charge on any atom is -0.480 e. The van der Waals surface area contributed by atoms with Gasteiger partial charge in [0, 0.05) is 12.4 Å². The fourth-order valence-corrected chi connectivity index (χ4v) is 2.31. The van der Waals surface area contributed by atoms with E-state index in [-0.39, 0.29) is 18.2 Å². The molecule has 0 spiro atoms. The molecule has 2 N–H and O–H groups in total. The minimum absolute atomic E-state index is 0.0673. The molecule has 2 aromatic rings. The van der Waals surface area contributed by atoms with Crippen LogP contribution in [-0.4, -0.2) is 32.8 Å². The van der Waals surface area contributed by atoms with Gasteiger partial charge in [0.25, 0.3) is 0 Å². The molecule has 0 bridgehead atoms. The van der Waals surface area contributed by atoms with Gasteiger partial charge < -0.3 is 10.4 Å². The molecular weight excluding hydrogens is 270 g/mol. The van der Waals surface area contributed by atoms with E-state index in [9.17, 15) is 9.59 Å². The molecule has 1 aromatic heterocycles. The van der Waals surface area contributed by atoms with Crippen molar-refractivity contribution in [2.75, 3.05) is 0 Å². The molecule has 0 saturated carbocycles. The fourth-order valence-electron chi connectivity index (χ4n) is 2.31. The van der Waals surface area contributed by atoms with Crippen LogP contribution in [0.25, 0.3) is 10.9 Å². The van der Waals surface area contributed by atoms with Crippen molar-refractivity contribution in [3.8, 4) is 0 Å². The van der Waals surface area contributed by atoms with Crippen LogP contribution in [0, 0.1) is 5.92 Å². The first-order valence-corrected chi connectivity index (χ1v) is 6.83. The van der Waals surface area contributed by atoms with Crippen LogP contribution in [0.3, 0.4) is 0 Å². The highest BCUT2D eigenvalue weighted by Crippen LogP contribution is 2.17. The number of nitrogens with zero attached hydrogens (tertiary/aromatic N) is 2. The van der Waals surface area contributed by atoms with E-state index in [2.05, 4.69) is 10.4 Å². The van der Waals surface area contributed by atoms with Gasteiger partial charge in [0.1, 0.15) is 6.04 Å². The Kier molecular flexibility index (Phi) is 4.26. The van der Waals surface area contributed by atoms with Gasteiger partial charge in [-0.15, -0.1) is 0 Å². The Morgan fingerprint density at radius 1 is 1.33 bits per heavy atom. The van der Waals surface area contributed by atoms with Gasteiger partial charge in [0.15, 0.2) is 0 Å². The van der Waals surface area contributed by atoms with Gasteiger partial charge >= 0.3 is 5.97 Å². The largest absolute Gasteiger partial charge is 0.480 e. The summed E-state index contributed by atoms with van der Waals surface area (Å²) in [5.41, 5.74) is 1.59. The Morgan fingerprint density at radius 3 is 2.62 bits per heavy atom. The van der Waals surface area contributed by atoms with E-state index >= 15 is 0 Å². The van der Waals surface area contributed by atoms with Crippen LogP contribution in [0.5, 0.6) is 0 Å². The molecule has 1 heterocycles. The summed E-state index contributed by atoms with van der Waals surface area (Å²) in [5.74, 6) is -1.53. The standard InChI is InChI=1S/C15H19N3O3/c1-9(2)14(15(20)21)16-13(19)8-11-10-6-4-5-7-12(10)18(3)17-11/h4-7,9,14H,8H2,1-3H3,(H,16,19)(H,20,21)/t14-/m0/s1. The normalized spacial score (nSPS) is 12.6. The number of carboxylic acids is 1. The first-order chi connectivity index (χ1) is 9.90. The van der Waals surface area contributed by atoms with Crippen molar-refractivity contribution in [2.24, 2.45) is 13.0 Å². The van der Waals surface area contributed by atoms with Crippen LogP contribution in [0.1, 0.15) is 19.5 Å². The number of carbonyl (C=O) groups is 2. The summed E-state index contributed by atoms with van der Waals surface area (Å²) >= 11 is 0. The summed E-state index contributed by atoms with van der Waals surface area (Å²) in [6.07, 6.45) is 0.0673. The van der Waals surface area contributed by atoms with Gasteiger partial charge in [-0.3, -0.25) is 9.48 Å². The van der Waals surface area contributed by atoms with Crippen molar-refractivity contribution in [1.82, 2.24) is 15.1 Å². The summed E-state index contributed by atoms with van der Waals surface area (Å²) in [5, 5.41) is 16.9. The molecule has 0 saturated heterocycles. The van der Waals surface area contributed by atoms with E-state index in [4.69, 9.17) is 5.11 Å². The lowest BCUT2D eigenvalue weighted by molar-refractivity contribution is -0.143. The molecular formula is C15H19N3O3. The predicted octanol–water partition coefficient (Wildman–Crippen LogP) is 1.34. The number of amides is 1. The van der Waals surface area contributed by atoms with E-state index < -0.39 is 12.0 Å². The van der Waals surface area contributed by atoms with Crippen molar-refractivity contribution in [1.29, 1.82) is 0 Å². The van der Waals surface area contributed by atoms with Gasteiger partial charge in [0.2, 0.25) is 5.91 Å². The summed E-state index contributed by atoms with van der Waals surface area (Å²) in [6.45, 7) is 3.52. The van der Waals surface area contributed by atoms with E-state index in [1.807, 2.05) is 31.3 Å². The first kappa shape index (κ1) is 15.0. The predicted molar refractivity (Wildman–Crippen MR) is 78.8 cm³/mol. The average molecular weight is 289 g/mol. The Labute approximate surface area is 122 Å². The molecule has 112 valence electrons. The zero-order chi connectivity index (χ0) is 15.6. The zero-order valence-electron chi connectivity index (χ0n) is 12.3. The number of fused-ring (bicyclic) bond motifs is 1. The Balaban J connectivity index is 2.17. The summed E-state index contributed by atoms with van der Waals surface area (Å²) < 4.78 is 1.72. The molecule has 21 heavy (non-hydrogen) atoms. The monoisotopic (exact) mass is 289 g/mol. The SMILES string of the molecule is CC(C)[C@H](NC(=O)Cc1nn(C)c2ccccc12)C(=O)O. The molecule has 0 radical (unpaired) electrons. The molecule has 0 unspecified atom stereocenters. The fraction of sp³-hybridized carbons (Fsp3) is 0.400. The Hall–Kier alpha value is -2.37. The van der Waals surface area contributed by atoms with Crippen LogP contribution < -0.4 is 5.32 Å². The number of aliphatic carboxylic acids is 1. The van der Waals surface area contributed by atoms with Crippen LogP contribution in [-0.2, 0) is 23.1 Å². The quantitative estimate of drug-likeness (QED) is 0.870. The number of hydrogen-bond donors (Lipinski definition) is 2. The maximum atomic E-state index is 12.1. The topological polar surface area (TPSA) is 84.2 Å². The van der Waals surface area contributed by atoms with E-state index in [0.717, 1.165) is 10.9 Å². The summed E-state index contributed by atoms with van der Waals surface area (Å²) in [7, 11) is 1.82. The lowest BCUT2D eigenvalue weighted by Crippen LogP contribution is -2.44. The maximum Gasteiger partial charge on any atom is 0.326 e. The van der Waals surface area contributed by atoms with Crippen molar-refractivity contribution in [3.63, 3.8) is 0 Å². The minimum atomic E-state index is -1.02. The van der Waals surface area contributed by atoms with E-state index in [0.29, 0.717) is 5.69 Å². The molecule has 6 heteroatoms. The molecule has 0 aliphatic heterocycles. The number of carbonyl (C=O) groups excluding carboxylic acids is 1. The number of carboxylic acid groups (broad SMARTS) is 1. The van der Waals surface area contributed by atoms with Gasteiger partial charge in [-0.25, -0.2) is 4.79 Å². The number of para-hydroxylation sites is 1. The van der Waals surface area contributed by atoms with Crippen LogP contribution in [0.2, 0.25) is 0 Å². The smallest absolute Gasteiger partial charge is 0.326 e. The maximum absolute atomic E-state index is 12.1. The molecule has 2 rings (SSSR count). The highest BCUT2D eigenvalue weighted by atomic mass is 16.4. The third-order valence-corrected chi connectivity index (χ3v) is 3.41. The lowest BCUT2D eigenvalue weighted by Gasteiger charge is -2.17. The molecule has 1 aromatic carbocycles. The first-order valence-electron chi connectivity index (χ1n) is 6.83. The molecule has 0 aliphatic rings. The number of aromatic nitrogens is 2. The van der Waals surface area contributed by atoms with Crippen molar-refractivity contribution in [2.45, 2.75) is 26.3 Å². The third-order valence-electron chi connectivity index (χ3n) is 3.41. The average Bonchev–Trinajstić information content (AvgIpc) is 2.73. The van der Waals surface area contributed by atoms with Gasteiger partial charge in [0.05, 0.1) is 17.6 Å². The van der Waals surface area contributed by atoms with Crippen LogP contribution in [0.4, 0.5) is 0 Å². The zero-order valence-corrected chi connectivity index (χ0v) is 12.3. The number of aryl methyl sites for hydroxylation is 1. The molecule has 0 fully saturated rings. The van der Waals surface area contributed by atoms with Crippen LogP contribution >= 0.6 is 0 Å². The van der Waals surface area contributed by atoms with Crippen molar-refractivity contribution >= 4 is 22.8 Å². The second-order valence-corrected chi connectivity index (χ2v) is 5.39. The van der Waals surface area contributed by atoms with Gasteiger partial charge in [-0.2, -0.15) is 5.10 Å². The third kappa shape index (κ3) is 3.21. The van der Waals surface area contributed by atoms with Crippen molar-refractivity contribution in [3.05, 3.63) is 30.0 Å². The molecule has 6 nitrogen and oxygen atoms in total. The van der Waals surface area contributed by atoms with E-state index in [1.165, 1.54) is 0 Å². The number of hydrogen-bond acceptors (Lipinski definition) is 3. The lowest BCUT2D eigenvalue weighted by atomic mass is 10.0.